The highest BCUT2D eigenvalue weighted by atomic mass is 16.2. The number of piperidine rings is 1. The first-order chi connectivity index (χ1) is 15.7. The number of carbonyl (C=O) groups is 4. The van der Waals surface area contributed by atoms with Gasteiger partial charge in [0.2, 0.25) is 5.91 Å². The zero-order valence-corrected chi connectivity index (χ0v) is 19.9. The smallest absolute Gasteiger partial charge is 0.325 e. The first kappa shape index (κ1) is 23.5. The lowest BCUT2D eigenvalue weighted by atomic mass is 9.88. The molecule has 2 saturated heterocycles. The third kappa shape index (κ3) is 4.55. The summed E-state index contributed by atoms with van der Waals surface area (Å²) < 4.78 is 0. The molecule has 1 aromatic carbocycles. The van der Waals surface area contributed by atoms with Crippen molar-refractivity contribution in [1.82, 2.24) is 15.1 Å². The number of rotatable bonds is 6. The third-order valence-electron chi connectivity index (χ3n) is 7.45. The van der Waals surface area contributed by atoms with Gasteiger partial charge in [-0.05, 0) is 50.5 Å². The van der Waals surface area contributed by atoms with Gasteiger partial charge in [-0.1, -0.05) is 51.0 Å². The SMILES string of the molecule is CC(C)Cc1ccc(C(=O)C2CCN(C(=O)C(C)N3C(=O)NC4(CCCC4)C3=O)CC2)cc1. The number of imide groups is 1. The van der Waals surface area contributed by atoms with E-state index < -0.39 is 17.6 Å². The molecule has 2 heterocycles. The Balaban J connectivity index is 1.33. The van der Waals surface area contributed by atoms with Crippen LogP contribution in [0.5, 0.6) is 0 Å². The van der Waals surface area contributed by atoms with Crippen LogP contribution in [-0.4, -0.2) is 58.1 Å². The van der Waals surface area contributed by atoms with Crippen molar-refractivity contribution in [1.29, 1.82) is 0 Å². The van der Waals surface area contributed by atoms with E-state index in [1.807, 2.05) is 24.3 Å². The first-order valence-corrected chi connectivity index (χ1v) is 12.3. The monoisotopic (exact) mass is 453 g/mol. The maximum Gasteiger partial charge on any atom is 0.325 e. The molecule has 0 aromatic heterocycles. The number of nitrogens with zero attached hydrogens (tertiary/aromatic N) is 2. The van der Waals surface area contributed by atoms with E-state index in [0.29, 0.717) is 44.7 Å². The van der Waals surface area contributed by atoms with Gasteiger partial charge in [-0.25, -0.2) is 9.69 Å². The fourth-order valence-electron chi connectivity index (χ4n) is 5.56. The van der Waals surface area contributed by atoms with E-state index in [-0.39, 0.29) is 23.5 Å². The lowest BCUT2D eigenvalue weighted by molar-refractivity contribution is -0.143. The standard InChI is InChI=1S/C26H35N3O4/c1-17(2)16-19-6-8-20(9-7-19)22(30)21-10-14-28(15-11-21)23(31)18(3)29-24(32)26(27-25(29)33)12-4-5-13-26/h6-9,17-18,21H,4-5,10-16H2,1-3H3,(H,27,33). The lowest BCUT2D eigenvalue weighted by Gasteiger charge is -2.34. The molecule has 0 bridgehead atoms. The Hall–Kier alpha value is -2.70. The van der Waals surface area contributed by atoms with Gasteiger partial charge in [-0.2, -0.15) is 0 Å². The van der Waals surface area contributed by atoms with Crippen LogP contribution in [0.3, 0.4) is 0 Å². The van der Waals surface area contributed by atoms with Crippen molar-refractivity contribution in [3.63, 3.8) is 0 Å². The molecule has 3 aliphatic rings. The Bertz CT molecular complexity index is 925. The average molecular weight is 454 g/mol. The van der Waals surface area contributed by atoms with Gasteiger partial charge in [0, 0.05) is 24.6 Å². The molecular weight excluding hydrogens is 418 g/mol. The van der Waals surface area contributed by atoms with Crippen molar-refractivity contribution in [2.45, 2.75) is 77.3 Å². The summed E-state index contributed by atoms with van der Waals surface area (Å²) in [6, 6.07) is 6.59. The van der Waals surface area contributed by atoms with Gasteiger partial charge >= 0.3 is 6.03 Å². The van der Waals surface area contributed by atoms with E-state index in [0.717, 1.165) is 29.7 Å². The topological polar surface area (TPSA) is 86.8 Å². The number of hydrogen-bond acceptors (Lipinski definition) is 4. The molecule has 2 aliphatic heterocycles. The molecule has 7 heteroatoms. The van der Waals surface area contributed by atoms with Crippen molar-refractivity contribution in [3.8, 4) is 0 Å². The summed E-state index contributed by atoms with van der Waals surface area (Å²) in [7, 11) is 0. The van der Waals surface area contributed by atoms with E-state index in [9.17, 15) is 19.2 Å². The molecule has 33 heavy (non-hydrogen) atoms. The van der Waals surface area contributed by atoms with E-state index in [2.05, 4.69) is 19.2 Å². The molecule has 4 rings (SSSR count). The van der Waals surface area contributed by atoms with E-state index >= 15 is 0 Å². The maximum atomic E-state index is 13.1. The number of hydrogen-bond donors (Lipinski definition) is 1. The van der Waals surface area contributed by atoms with Gasteiger partial charge in [-0.15, -0.1) is 0 Å². The zero-order valence-electron chi connectivity index (χ0n) is 19.9. The Labute approximate surface area is 195 Å². The molecule has 1 N–H and O–H groups in total. The van der Waals surface area contributed by atoms with Crippen molar-refractivity contribution in [3.05, 3.63) is 35.4 Å². The van der Waals surface area contributed by atoms with Gasteiger partial charge in [0.15, 0.2) is 5.78 Å². The fourth-order valence-corrected chi connectivity index (χ4v) is 5.56. The van der Waals surface area contributed by atoms with Crippen LogP contribution < -0.4 is 5.32 Å². The molecule has 178 valence electrons. The van der Waals surface area contributed by atoms with Gasteiger partial charge in [0.1, 0.15) is 11.6 Å². The number of likely N-dealkylation sites (tertiary alicyclic amines) is 1. The summed E-state index contributed by atoms with van der Waals surface area (Å²) in [6.45, 7) is 6.89. The molecule has 0 radical (unpaired) electrons. The van der Waals surface area contributed by atoms with Gasteiger partial charge in [-0.3, -0.25) is 14.4 Å². The second-order valence-electron chi connectivity index (χ2n) is 10.3. The molecule has 1 aromatic rings. The Morgan fingerprint density at radius 3 is 2.21 bits per heavy atom. The van der Waals surface area contributed by atoms with Crippen molar-refractivity contribution < 1.29 is 19.2 Å². The predicted molar refractivity (Wildman–Crippen MR) is 125 cm³/mol. The van der Waals surface area contributed by atoms with Crippen molar-refractivity contribution in [2.75, 3.05) is 13.1 Å². The largest absolute Gasteiger partial charge is 0.341 e. The highest BCUT2D eigenvalue weighted by Gasteiger charge is 2.54. The van der Waals surface area contributed by atoms with Gasteiger partial charge < -0.3 is 10.2 Å². The molecule has 1 unspecified atom stereocenters. The quantitative estimate of drug-likeness (QED) is 0.527. The number of amides is 4. The van der Waals surface area contributed by atoms with Crippen molar-refractivity contribution in [2.24, 2.45) is 11.8 Å². The minimum Gasteiger partial charge on any atom is -0.341 e. The summed E-state index contributed by atoms with van der Waals surface area (Å²) >= 11 is 0. The summed E-state index contributed by atoms with van der Waals surface area (Å²) in [5, 5.41) is 2.84. The Morgan fingerprint density at radius 2 is 1.64 bits per heavy atom. The summed E-state index contributed by atoms with van der Waals surface area (Å²) in [5.74, 6) is 0.0954. The number of urea groups is 1. The van der Waals surface area contributed by atoms with Crippen LogP contribution in [0.4, 0.5) is 4.79 Å². The summed E-state index contributed by atoms with van der Waals surface area (Å²) in [5.41, 5.74) is 1.15. The number of Topliss-reactive ketones (excluding diaryl/α,β-unsaturated/α-hetero) is 1. The van der Waals surface area contributed by atoms with E-state index in [1.165, 1.54) is 5.56 Å². The highest BCUT2D eigenvalue weighted by Crippen LogP contribution is 2.36. The maximum absolute atomic E-state index is 13.1. The fraction of sp³-hybridized carbons (Fsp3) is 0.615. The molecule has 3 fully saturated rings. The predicted octanol–water partition coefficient (Wildman–Crippen LogP) is 3.56. The Morgan fingerprint density at radius 1 is 1.03 bits per heavy atom. The summed E-state index contributed by atoms with van der Waals surface area (Å²) in [4.78, 5) is 54.4. The van der Waals surface area contributed by atoms with E-state index in [1.54, 1.807) is 11.8 Å². The second-order valence-corrected chi connectivity index (χ2v) is 10.3. The summed E-state index contributed by atoms with van der Waals surface area (Å²) in [6.07, 6.45) is 5.27. The van der Waals surface area contributed by atoms with Crippen LogP contribution in [0.15, 0.2) is 24.3 Å². The Kier molecular flexibility index (Phi) is 6.59. The molecule has 4 amide bonds. The normalized spacial score (nSPS) is 21.7. The van der Waals surface area contributed by atoms with Crippen molar-refractivity contribution >= 4 is 23.6 Å². The lowest BCUT2D eigenvalue weighted by Crippen LogP contribution is -2.52. The highest BCUT2D eigenvalue weighted by molar-refractivity contribution is 6.10. The van der Waals surface area contributed by atoms with E-state index in [4.69, 9.17) is 0 Å². The minimum absolute atomic E-state index is 0.112. The molecule has 1 aliphatic carbocycles. The first-order valence-electron chi connectivity index (χ1n) is 12.3. The number of nitrogens with one attached hydrogen (secondary N) is 1. The zero-order chi connectivity index (χ0) is 23.8. The van der Waals surface area contributed by atoms with Crippen LogP contribution in [0, 0.1) is 11.8 Å². The molecule has 1 atom stereocenters. The van der Waals surface area contributed by atoms with Gasteiger partial charge in [0.25, 0.3) is 5.91 Å². The second kappa shape index (κ2) is 9.27. The number of carbonyl (C=O) groups excluding carboxylic acids is 4. The minimum atomic E-state index is -0.835. The average Bonchev–Trinajstić information content (AvgIpc) is 3.37. The number of benzene rings is 1. The third-order valence-corrected chi connectivity index (χ3v) is 7.45. The molecule has 1 spiro atoms. The molecule has 7 nitrogen and oxygen atoms in total. The van der Waals surface area contributed by atoms with Crippen LogP contribution in [0.2, 0.25) is 0 Å². The van der Waals surface area contributed by atoms with Gasteiger partial charge in [0.05, 0.1) is 0 Å². The van der Waals surface area contributed by atoms with Crippen LogP contribution in [-0.2, 0) is 16.0 Å². The molecule has 1 saturated carbocycles. The van der Waals surface area contributed by atoms with Crippen LogP contribution >= 0.6 is 0 Å². The molecular formula is C26H35N3O4. The van der Waals surface area contributed by atoms with Crippen LogP contribution in [0.1, 0.15) is 75.2 Å². The van der Waals surface area contributed by atoms with Crippen LogP contribution in [0.25, 0.3) is 0 Å². The number of ketones is 1.